The molecule has 2 amide bonds. The van der Waals surface area contributed by atoms with Crippen molar-refractivity contribution in [2.75, 3.05) is 0 Å². The first-order valence-corrected chi connectivity index (χ1v) is 12.6. The van der Waals surface area contributed by atoms with E-state index in [1.807, 2.05) is 0 Å². The quantitative estimate of drug-likeness (QED) is 0.183. The fourth-order valence-electron chi connectivity index (χ4n) is 3.71. The van der Waals surface area contributed by atoms with Crippen LogP contribution in [0.4, 0.5) is 26.3 Å². The Morgan fingerprint density at radius 2 is 1.35 bits per heavy atom. The molecule has 1 aromatic carbocycles. The van der Waals surface area contributed by atoms with Gasteiger partial charge in [0.25, 0.3) is 11.8 Å². The SMILES string of the molecule is O=C(NCc1cccc(OC(F)(F)F)c1)c1cn(CCCCn2cc(C(=O)NCc3ccnc(C(F)(F)F)c3)nn2)nn1. The highest BCUT2D eigenvalue weighted by molar-refractivity contribution is 5.92. The molecule has 0 unspecified atom stereocenters. The number of halogens is 6. The maximum atomic E-state index is 12.8. The monoisotopic (exact) mass is 611 g/mol. The average Bonchev–Trinajstić information content (AvgIpc) is 3.62. The Kier molecular flexibility index (Phi) is 9.56. The van der Waals surface area contributed by atoms with Crippen LogP contribution in [-0.4, -0.2) is 53.1 Å². The van der Waals surface area contributed by atoms with E-state index in [-0.39, 0.29) is 30.0 Å². The number of aryl methyl sites for hydroxylation is 2. The number of benzene rings is 1. The van der Waals surface area contributed by atoms with E-state index in [1.54, 1.807) is 0 Å². The Balaban J connectivity index is 1.17. The van der Waals surface area contributed by atoms with Crippen molar-refractivity contribution >= 4 is 11.8 Å². The lowest BCUT2D eigenvalue weighted by atomic mass is 10.2. The summed E-state index contributed by atoms with van der Waals surface area (Å²) in [6.07, 6.45) is -4.37. The summed E-state index contributed by atoms with van der Waals surface area (Å²) >= 11 is 0. The number of nitrogens with zero attached hydrogens (tertiary/aromatic N) is 7. The van der Waals surface area contributed by atoms with Crippen molar-refractivity contribution in [2.24, 2.45) is 0 Å². The highest BCUT2D eigenvalue weighted by Crippen LogP contribution is 2.27. The van der Waals surface area contributed by atoms with Crippen LogP contribution < -0.4 is 15.4 Å². The first-order valence-electron chi connectivity index (χ1n) is 12.6. The molecular weight excluding hydrogens is 588 g/mol. The Bertz CT molecular complexity index is 1550. The van der Waals surface area contributed by atoms with E-state index >= 15 is 0 Å². The van der Waals surface area contributed by atoms with Crippen LogP contribution in [0.2, 0.25) is 0 Å². The van der Waals surface area contributed by atoms with Crippen LogP contribution in [0.1, 0.15) is 50.6 Å². The molecule has 18 heteroatoms. The third-order valence-electron chi connectivity index (χ3n) is 5.72. The first-order chi connectivity index (χ1) is 20.4. The van der Waals surface area contributed by atoms with E-state index < -0.39 is 35.8 Å². The summed E-state index contributed by atoms with van der Waals surface area (Å²) in [5, 5.41) is 20.4. The molecule has 0 aliphatic heterocycles. The van der Waals surface area contributed by atoms with Crippen molar-refractivity contribution in [1.82, 2.24) is 45.6 Å². The van der Waals surface area contributed by atoms with Crippen LogP contribution in [0, 0.1) is 0 Å². The lowest BCUT2D eigenvalue weighted by Gasteiger charge is -2.10. The number of hydrogen-bond donors (Lipinski definition) is 2. The first kappa shape index (κ1) is 30.9. The summed E-state index contributed by atoms with van der Waals surface area (Å²) in [5.41, 5.74) is -0.419. The van der Waals surface area contributed by atoms with Gasteiger partial charge >= 0.3 is 12.5 Å². The molecule has 0 saturated heterocycles. The van der Waals surface area contributed by atoms with Crippen LogP contribution >= 0.6 is 0 Å². The summed E-state index contributed by atoms with van der Waals surface area (Å²) in [4.78, 5) is 27.9. The number of carbonyl (C=O) groups is 2. The molecule has 2 N–H and O–H groups in total. The highest BCUT2D eigenvalue weighted by atomic mass is 19.4. The third kappa shape index (κ3) is 9.50. The van der Waals surface area contributed by atoms with E-state index in [0.29, 0.717) is 31.5 Å². The molecule has 0 atom stereocenters. The lowest BCUT2D eigenvalue weighted by Crippen LogP contribution is -2.23. The predicted octanol–water partition coefficient (Wildman–Crippen LogP) is 3.52. The molecule has 228 valence electrons. The number of unbranched alkanes of at least 4 members (excludes halogenated alkanes) is 1. The predicted molar refractivity (Wildman–Crippen MR) is 134 cm³/mol. The molecule has 43 heavy (non-hydrogen) atoms. The van der Waals surface area contributed by atoms with Gasteiger partial charge in [-0.3, -0.25) is 23.9 Å². The minimum absolute atomic E-state index is 0.00311. The van der Waals surface area contributed by atoms with Gasteiger partial charge in [0.1, 0.15) is 11.4 Å². The number of alkyl halides is 6. The lowest BCUT2D eigenvalue weighted by molar-refractivity contribution is -0.274. The molecule has 0 aliphatic carbocycles. The Hall–Kier alpha value is -5.03. The fraction of sp³-hybridized carbons (Fsp3) is 0.320. The molecular formula is C25H23F6N9O3. The molecule has 0 radical (unpaired) electrons. The zero-order chi connectivity index (χ0) is 31.0. The van der Waals surface area contributed by atoms with Gasteiger partial charge in [0, 0.05) is 32.4 Å². The molecule has 4 rings (SSSR count). The Morgan fingerprint density at radius 1 is 0.791 bits per heavy atom. The molecule has 12 nitrogen and oxygen atoms in total. The molecule has 0 fully saturated rings. The molecule has 3 heterocycles. The van der Waals surface area contributed by atoms with E-state index in [2.05, 4.69) is 41.0 Å². The maximum absolute atomic E-state index is 12.8. The van der Waals surface area contributed by atoms with Gasteiger partial charge in [-0.2, -0.15) is 13.2 Å². The minimum Gasteiger partial charge on any atom is -0.406 e. The number of carbonyl (C=O) groups excluding carboxylic acids is 2. The number of pyridine rings is 1. The number of ether oxygens (including phenoxy) is 1. The normalized spacial score (nSPS) is 11.8. The standard InChI is InChI=1S/C25H23F6N9O3/c26-24(27,28)21-11-17(6-7-32-21)13-34-23(42)20-15-40(38-36-20)9-2-1-8-39-14-19(35-37-39)22(41)33-12-16-4-3-5-18(10-16)43-25(29,30)31/h3-7,10-11,14-15H,1-2,8-9,12-13H2,(H,33,41)(H,34,42). The van der Waals surface area contributed by atoms with E-state index in [0.717, 1.165) is 24.4 Å². The van der Waals surface area contributed by atoms with Crippen LogP contribution in [0.25, 0.3) is 0 Å². The van der Waals surface area contributed by atoms with Crippen LogP contribution in [-0.2, 0) is 32.4 Å². The molecule has 0 saturated carbocycles. The van der Waals surface area contributed by atoms with E-state index in [9.17, 15) is 35.9 Å². The number of aromatic nitrogens is 7. The number of hydrogen-bond acceptors (Lipinski definition) is 8. The maximum Gasteiger partial charge on any atom is 0.573 e. The summed E-state index contributed by atoms with van der Waals surface area (Å²) in [6, 6.07) is 7.42. The van der Waals surface area contributed by atoms with Crippen molar-refractivity contribution in [3.05, 3.63) is 83.2 Å². The Labute approximate surface area is 239 Å². The third-order valence-corrected chi connectivity index (χ3v) is 5.72. The summed E-state index contributed by atoms with van der Waals surface area (Å²) in [5.74, 6) is -1.57. The topological polar surface area (TPSA) is 142 Å². The fourth-order valence-corrected chi connectivity index (χ4v) is 3.71. The molecule has 3 aromatic heterocycles. The van der Waals surface area contributed by atoms with Gasteiger partial charge < -0.3 is 15.4 Å². The van der Waals surface area contributed by atoms with Crippen molar-refractivity contribution in [3.63, 3.8) is 0 Å². The van der Waals surface area contributed by atoms with Crippen molar-refractivity contribution in [1.29, 1.82) is 0 Å². The van der Waals surface area contributed by atoms with E-state index in [4.69, 9.17) is 0 Å². The van der Waals surface area contributed by atoms with Gasteiger partial charge in [0.15, 0.2) is 11.4 Å². The summed E-state index contributed by atoms with van der Waals surface area (Å²) in [7, 11) is 0. The molecule has 0 spiro atoms. The van der Waals surface area contributed by atoms with Crippen molar-refractivity contribution < 1.29 is 40.7 Å². The minimum atomic E-state index is -4.82. The van der Waals surface area contributed by atoms with Gasteiger partial charge in [-0.05, 0) is 48.2 Å². The molecule has 0 aliphatic rings. The van der Waals surface area contributed by atoms with Gasteiger partial charge in [-0.15, -0.1) is 23.4 Å². The number of rotatable bonds is 12. The second kappa shape index (κ2) is 13.3. The largest absolute Gasteiger partial charge is 0.573 e. The van der Waals surface area contributed by atoms with Crippen LogP contribution in [0.15, 0.2) is 55.0 Å². The zero-order valence-electron chi connectivity index (χ0n) is 22.1. The van der Waals surface area contributed by atoms with Gasteiger partial charge in [0.05, 0.1) is 12.4 Å². The van der Waals surface area contributed by atoms with Crippen molar-refractivity contribution in [2.45, 2.75) is 51.6 Å². The highest BCUT2D eigenvalue weighted by Gasteiger charge is 2.32. The van der Waals surface area contributed by atoms with Crippen molar-refractivity contribution in [3.8, 4) is 5.75 Å². The summed E-state index contributed by atoms with van der Waals surface area (Å²) in [6.45, 7) is 0.602. The second-order valence-electron chi connectivity index (χ2n) is 9.05. The number of nitrogens with one attached hydrogen (secondary N) is 2. The summed E-state index contributed by atoms with van der Waals surface area (Å²) < 4.78 is 82.3. The second-order valence-corrected chi connectivity index (χ2v) is 9.05. The van der Waals surface area contributed by atoms with Crippen LogP contribution in [0.3, 0.4) is 0 Å². The van der Waals surface area contributed by atoms with Gasteiger partial charge in [-0.1, -0.05) is 22.6 Å². The molecule has 4 aromatic rings. The Morgan fingerprint density at radius 3 is 1.88 bits per heavy atom. The average molecular weight is 612 g/mol. The van der Waals surface area contributed by atoms with E-state index in [1.165, 1.54) is 40.0 Å². The van der Waals surface area contributed by atoms with Crippen LogP contribution in [0.5, 0.6) is 5.75 Å². The smallest absolute Gasteiger partial charge is 0.406 e. The zero-order valence-corrected chi connectivity index (χ0v) is 22.1. The van der Waals surface area contributed by atoms with Gasteiger partial charge in [0.2, 0.25) is 0 Å². The van der Waals surface area contributed by atoms with Gasteiger partial charge in [-0.25, -0.2) is 0 Å². The number of amides is 2. The molecule has 0 bridgehead atoms.